The SMILES string of the molecule is OC1(c2csnn2)C2CCCCC21. The molecule has 0 bridgehead atoms. The van der Waals surface area contributed by atoms with Gasteiger partial charge in [-0.3, -0.25) is 0 Å². The predicted octanol–water partition coefficient (Wildman–Crippen LogP) is 1.55. The second-order valence-electron chi connectivity index (χ2n) is 4.11. The normalized spacial score (nSPS) is 42.8. The van der Waals surface area contributed by atoms with Crippen molar-refractivity contribution < 1.29 is 5.11 Å². The first-order valence-electron chi connectivity index (χ1n) is 4.83. The maximum Gasteiger partial charge on any atom is 0.116 e. The van der Waals surface area contributed by atoms with Gasteiger partial charge in [0.2, 0.25) is 0 Å². The summed E-state index contributed by atoms with van der Waals surface area (Å²) in [6.07, 6.45) is 4.86. The largest absolute Gasteiger partial charge is 0.383 e. The van der Waals surface area contributed by atoms with Crippen molar-refractivity contribution in [2.45, 2.75) is 31.3 Å². The van der Waals surface area contributed by atoms with Crippen LogP contribution >= 0.6 is 11.5 Å². The van der Waals surface area contributed by atoms with Crippen LogP contribution in [0.2, 0.25) is 0 Å². The summed E-state index contributed by atoms with van der Waals surface area (Å²) < 4.78 is 3.82. The molecular weight excluding hydrogens is 184 g/mol. The Hall–Kier alpha value is -0.480. The molecule has 1 heterocycles. The molecule has 13 heavy (non-hydrogen) atoms. The zero-order valence-electron chi connectivity index (χ0n) is 7.31. The van der Waals surface area contributed by atoms with Crippen molar-refractivity contribution in [3.63, 3.8) is 0 Å². The fraction of sp³-hybridized carbons (Fsp3) is 0.778. The van der Waals surface area contributed by atoms with Crippen LogP contribution < -0.4 is 0 Å². The lowest BCUT2D eigenvalue weighted by Crippen LogP contribution is -2.10. The van der Waals surface area contributed by atoms with Crippen LogP contribution in [-0.2, 0) is 5.60 Å². The Bertz CT molecular complexity index is 299. The molecule has 3 nitrogen and oxygen atoms in total. The molecule has 2 saturated carbocycles. The fourth-order valence-corrected chi connectivity index (χ4v) is 3.33. The summed E-state index contributed by atoms with van der Waals surface area (Å²) in [4.78, 5) is 0. The number of hydrogen-bond donors (Lipinski definition) is 1. The Labute approximate surface area is 81.0 Å². The van der Waals surface area contributed by atoms with Crippen LogP contribution in [-0.4, -0.2) is 14.7 Å². The van der Waals surface area contributed by atoms with Gasteiger partial charge < -0.3 is 5.11 Å². The predicted molar refractivity (Wildman–Crippen MR) is 49.3 cm³/mol. The van der Waals surface area contributed by atoms with Gasteiger partial charge in [0.1, 0.15) is 11.3 Å². The van der Waals surface area contributed by atoms with E-state index in [1.54, 1.807) is 0 Å². The smallest absolute Gasteiger partial charge is 0.116 e. The summed E-state index contributed by atoms with van der Waals surface area (Å²) in [5.74, 6) is 0.954. The Kier molecular flexibility index (Phi) is 1.52. The van der Waals surface area contributed by atoms with Gasteiger partial charge in [-0.1, -0.05) is 17.3 Å². The maximum absolute atomic E-state index is 10.4. The molecule has 2 fully saturated rings. The van der Waals surface area contributed by atoms with E-state index in [2.05, 4.69) is 9.59 Å². The molecule has 2 unspecified atom stereocenters. The highest BCUT2D eigenvalue weighted by molar-refractivity contribution is 7.03. The monoisotopic (exact) mass is 196 g/mol. The van der Waals surface area contributed by atoms with Crippen molar-refractivity contribution >= 4 is 11.5 Å². The summed E-state index contributed by atoms with van der Waals surface area (Å²) in [5.41, 5.74) is 0.221. The van der Waals surface area contributed by atoms with Crippen LogP contribution in [0.5, 0.6) is 0 Å². The number of fused-ring (bicyclic) bond motifs is 1. The van der Waals surface area contributed by atoms with Crippen molar-refractivity contribution in [1.82, 2.24) is 9.59 Å². The average Bonchev–Trinajstić information content (AvgIpc) is 2.62. The number of nitrogens with zero attached hydrogens (tertiary/aromatic N) is 2. The molecule has 3 rings (SSSR count). The molecule has 0 amide bonds. The van der Waals surface area contributed by atoms with Gasteiger partial charge in [-0.25, -0.2) is 0 Å². The lowest BCUT2D eigenvalue weighted by atomic mass is 10.0. The van der Waals surface area contributed by atoms with E-state index in [-0.39, 0.29) is 0 Å². The van der Waals surface area contributed by atoms with Gasteiger partial charge >= 0.3 is 0 Å². The second kappa shape index (κ2) is 2.51. The lowest BCUT2D eigenvalue weighted by Gasteiger charge is -2.04. The molecule has 0 aliphatic heterocycles. The van der Waals surface area contributed by atoms with E-state index >= 15 is 0 Å². The highest BCUT2D eigenvalue weighted by Crippen LogP contribution is 2.63. The molecular formula is C9H12N2OS. The Morgan fingerprint density at radius 3 is 2.62 bits per heavy atom. The molecule has 0 saturated heterocycles. The number of aromatic nitrogens is 2. The van der Waals surface area contributed by atoms with Crippen LogP contribution in [0.3, 0.4) is 0 Å². The van der Waals surface area contributed by atoms with Crippen molar-refractivity contribution in [3.05, 3.63) is 11.1 Å². The molecule has 1 N–H and O–H groups in total. The van der Waals surface area contributed by atoms with Crippen LogP contribution in [0.15, 0.2) is 5.38 Å². The third-order valence-electron chi connectivity index (χ3n) is 3.56. The zero-order chi connectivity index (χ0) is 8.89. The van der Waals surface area contributed by atoms with Gasteiger partial charge in [0.05, 0.1) is 0 Å². The van der Waals surface area contributed by atoms with Gasteiger partial charge in [0.15, 0.2) is 0 Å². The van der Waals surface area contributed by atoms with Crippen molar-refractivity contribution in [3.8, 4) is 0 Å². The summed E-state index contributed by atoms with van der Waals surface area (Å²) in [6, 6.07) is 0. The van der Waals surface area contributed by atoms with Gasteiger partial charge in [-0.05, 0) is 36.2 Å². The van der Waals surface area contributed by atoms with Crippen LogP contribution in [0, 0.1) is 11.8 Å². The highest BCUT2D eigenvalue weighted by Gasteiger charge is 2.66. The first-order chi connectivity index (χ1) is 6.33. The van der Waals surface area contributed by atoms with Crippen molar-refractivity contribution in [1.29, 1.82) is 0 Å². The minimum absolute atomic E-state index is 0.477. The van der Waals surface area contributed by atoms with E-state index in [0.29, 0.717) is 11.8 Å². The summed E-state index contributed by atoms with van der Waals surface area (Å²) in [7, 11) is 0. The molecule has 0 aromatic carbocycles. The van der Waals surface area contributed by atoms with Gasteiger partial charge in [-0.2, -0.15) is 0 Å². The van der Waals surface area contributed by atoms with Crippen molar-refractivity contribution in [2.24, 2.45) is 11.8 Å². The highest BCUT2D eigenvalue weighted by atomic mass is 32.1. The van der Waals surface area contributed by atoms with E-state index < -0.39 is 5.60 Å². The van der Waals surface area contributed by atoms with E-state index in [0.717, 1.165) is 5.69 Å². The summed E-state index contributed by atoms with van der Waals surface area (Å²) in [5, 5.41) is 16.2. The molecule has 2 aliphatic rings. The minimum Gasteiger partial charge on any atom is -0.383 e. The van der Waals surface area contributed by atoms with Gasteiger partial charge in [-0.15, -0.1) is 5.10 Å². The number of rotatable bonds is 1. The second-order valence-corrected chi connectivity index (χ2v) is 4.72. The quantitative estimate of drug-likeness (QED) is 0.741. The Morgan fingerprint density at radius 2 is 2.08 bits per heavy atom. The summed E-state index contributed by atoms with van der Waals surface area (Å²) in [6.45, 7) is 0. The van der Waals surface area contributed by atoms with Crippen LogP contribution in [0.4, 0.5) is 0 Å². The van der Waals surface area contributed by atoms with Crippen LogP contribution in [0.1, 0.15) is 31.4 Å². The van der Waals surface area contributed by atoms with E-state index in [9.17, 15) is 5.11 Å². The fourth-order valence-electron chi connectivity index (χ4n) is 2.81. The topological polar surface area (TPSA) is 46.0 Å². The first-order valence-corrected chi connectivity index (χ1v) is 5.67. The number of hydrogen-bond acceptors (Lipinski definition) is 4. The number of aliphatic hydroxyl groups is 1. The molecule has 4 heteroatoms. The third-order valence-corrected chi connectivity index (χ3v) is 4.06. The molecule has 2 aliphatic carbocycles. The molecule has 1 aromatic heterocycles. The van der Waals surface area contributed by atoms with E-state index in [4.69, 9.17) is 0 Å². The Balaban J connectivity index is 1.92. The van der Waals surface area contributed by atoms with Crippen molar-refractivity contribution in [2.75, 3.05) is 0 Å². The van der Waals surface area contributed by atoms with Gasteiger partial charge in [0.25, 0.3) is 0 Å². The van der Waals surface area contributed by atoms with Gasteiger partial charge in [0, 0.05) is 5.38 Å². The average molecular weight is 196 g/mol. The third kappa shape index (κ3) is 0.929. The molecule has 1 aromatic rings. The molecule has 70 valence electrons. The Morgan fingerprint density at radius 1 is 1.38 bits per heavy atom. The lowest BCUT2D eigenvalue weighted by molar-refractivity contribution is 0.113. The minimum atomic E-state index is -0.594. The van der Waals surface area contributed by atoms with Crippen LogP contribution in [0.25, 0.3) is 0 Å². The molecule has 0 radical (unpaired) electrons. The van der Waals surface area contributed by atoms with E-state index in [1.165, 1.54) is 37.2 Å². The zero-order valence-corrected chi connectivity index (χ0v) is 8.13. The molecule has 2 atom stereocenters. The maximum atomic E-state index is 10.4. The standard InChI is InChI=1S/C9H12N2OS/c12-9(8-5-13-11-10-8)6-3-1-2-4-7(6)9/h5-7,12H,1-4H2. The first kappa shape index (κ1) is 7.88. The molecule has 0 spiro atoms. The van der Waals surface area contributed by atoms with E-state index in [1.807, 2.05) is 5.38 Å². The summed E-state index contributed by atoms with van der Waals surface area (Å²) >= 11 is 1.33.